The lowest BCUT2D eigenvalue weighted by Gasteiger charge is -2.11. The van der Waals surface area contributed by atoms with E-state index in [4.69, 9.17) is 29.9 Å². The second kappa shape index (κ2) is 31.5. The molecule has 0 fully saturated rings. The largest absolute Gasteiger partial charge is 0.309 e. The van der Waals surface area contributed by atoms with Crippen LogP contribution in [-0.4, -0.2) is 72.7 Å². The summed E-state index contributed by atoms with van der Waals surface area (Å²) < 4.78 is 11.8. The lowest BCUT2D eigenvalue weighted by atomic mass is 9.98. The Bertz CT molecular complexity index is 8600. The van der Waals surface area contributed by atoms with Gasteiger partial charge < -0.3 is 22.8 Å². The Balaban J connectivity index is 0.000000147. The predicted molar refractivity (Wildman–Crippen MR) is 531 cm³/mol. The zero-order chi connectivity index (χ0) is 86.4. The summed E-state index contributed by atoms with van der Waals surface area (Å²) in [5.74, 6) is 3.08. The first-order valence-corrected chi connectivity index (χ1v) is 43.7. The second-order valence-electron chi connectivity index (χ2n) is 32.7. The molecule has 0 aliphatic rings. The van der Waals surface area contributed by atoms with E-state index in [1.165, 1.54) is 98.1 Å². The number of hydrogen-bond acceptors (Lipinski definition) is 10. The van der Waals surface area contributed by atoms with Gasteiger partial charge in [0.15, 0.2) is 34.9 Å². The topological polar surface area (TPSA) is 154 Å². The Morgan fingerprint density at radius 2 is 0.313 bits per heavy atom. The Morgan fingerprint density at radius 3 is 0.542 bits per heavy atom. The molecule has 11 heterocycles. The number of hydrogen-bond donors (Lipinski definition) is 0. The van der Waals surface area contributed by atoms with Gasteiger partial charge in [0.2, 0.25) is 0 Å². The van der Waals surface area contributed by atoms with Gasteiger partial charge in [-0.25, -0.2) is 29.9 Å². The van der Waals surface area contributed by atoms with Crippen LogP contribution in [0.3, 0.4) is 0 Å². The van der Waals surface area contributed by atoms with Crippen LogP contribution in [0.2, 0.25) is 0 Å². The molecule has 612 valence electrons. The lowest BCUT2D eigenvalue weighted by Crippen LogP contribution is -2.02. The van der Waals surface area contributed by atoms with E-state index in [2.05, 4.69) is 389 Å². The number of nitrogens with zero attached hydrogens (tertiary/aromatic N) is 15. The van der Waals surface area contributed by atoms with E-state index in [0.29, 0.717) is 57.7 Å². The minimum Gasteiger partial charge on any atom is -0.309 e. The molecule has 15 aromatic carbocycles. The van der Waals surface area contributed by atoms with Crippen molar-refractivity contribution in [3.05, 3.63) is 443 Å². The number of rotatable bonds is 14. The van der Waals surface area contributed by atoms with Gasteiger partial charge in [-0.1, -0.05) is 188 Å². The molecule has 0 spiro atoms. The summed E-state index contributed by atoms with van der Waals surface area (Å²) in [6, 6.07) is 148. The summed E-state index contributed by atoms with van der Waals surface area (Å²) >= 11 is 0. The van der Waals surface area contributed by atoms with Gasteiger partial charge in [0.1, 0.15) is 22.8 Å². The number of pyridine rings is 4. The fourth-order valence-corrected chi connectivity index (χ4v) is 19.1. The molecule has 0 atom stereocenters. The summed E-state index contributed by atoms with van der Waals surface area (Å²) in [6.07, 6.45) is 6.99. The van der Waals surface area contributed by atoms with Gasteiger partial charge in [-0.05, 0) is 264 Å². The second-order valence-corrected chi connectivity index (χ2v) is 32.7. The van der Waals surface area contributed by atoms with Crippen LogP contribution in [0.5, 0.6) is 0 Å². The molecule has 0 bridgehead atoms. The van der Waals surface area contributed by atoms with Crippen molar-refractivity contribution in [2.45, 2.75) is 0 Å². The van der Waals surface area contributed by atoms with E-state index in [0.717, 1.165) is 83.9 Å². The Kier molecular flexibility index (Phi) is 18.2. The van der Waals surface area contributed by atoms with Gasteiger partial charge in [-0.2, -0.15) is 0 Å². The zero-order valence-corrected chi connectivity index (χ0v) is 70.4. The minimum atomic E-state index is 0.488. The van der Waals surface area contributed by atoms with Gasteiger partial charge in [0.25, 0.3) is 0 Å². The molecule has 0 aliphatic carbocycles. The molecule has 0 saturated heterocycles. The molecule has 0 saturated carbocycles. The van der Waals surface area contributed by atoms with Crippen LogP contribution in [-0.2, 0) is 0 Å². The van der Waals surface area contributed by atoms with Crippen molar-refractivity contribution in [3.8, 4) is 131 Å². The average molecular weight is 1680 g/mol. The maximum atomic E-state index is 4.95. The first-order valence-electron chi connectivity index (χ1n) is 43.7. The maximum Gasteiger partial charge on any atom is 0.182 e. The van der Waals surface area contributed by atoms with Crippen LogP contribution in [0.1, 0.15) is 0 Å². The summed E-state index contributed by atoms with van der Waals surface area (Å²) in [5, 5.41) is 12.1. The zero-order valence-electron chi connectivity index (χ0n) is 70.4. The van der Waals surface area contributed by atoms with Crippen molar-refractivity contribution < 1.29 is 0 Å². The predicted octanol–water partition coefficient (Wildman–Crippen LogP) is 27.8. The Labute approximate surface area is 750 Å². The summed E-state index contributed by atoms with van der Waals surface area (Å²) in [4.78, 5) is 47.3. The summed E-state index contributed by atoms with van der Waals surface area (Å²) in [5.41, 5.74) is 28.5. The summed E-state index contributed by atoms with van der Waals surface area (Å²) in [7, 11) is 0. The number of aromatic nitrogens is 15. The molecule has 0 N–H and O–H groups in total. The third-order valence-corrected chi connectivity index (χ3v) is 25.1. The van der Waals surface area contributed by atoms with Gasteiger partial charge >= 0.3 is 0 Å². The monoisotopic (exact) mass is 1680 g/mol. The molecule has 26 rings (SSSR count). The van der Waals surface area contributed by atoms with Gasteiger partial charge in [0.05, 0.1) is 55.2 Å². The van der Waals surface area contributed by atoms with Gasteiger partial charge in [-0.3, -0.25) is 19.9 Å². The molecular weight excluding hydrogens is 1600 g/mol. The van der Waals surface area contributed by atoms with Gasteiger partial charge in [0, 0.05) is 118 Å². The SMILES string of the molecule is c1ccc(-n2c3ccccc3c3cc(-c4ccc5c(c4)c4cc(-c6ccc7c(c6)c6ccccc6n7-c6ccccc6)ccc4n5-c4ccc(-c5nc(-c6ccccn6)nc(-c6ccccn6)n5)cc4)ccc32)cc1.c1ccc(-n2c3ccccc3c3cc(-c4ccc5c(c4)c4ccccc4n5-c4ccc(-c5nc(-c6ccccn6)nc(-c6ccccn6)n5)cc4)ccc32)cc1. The highest BCUT2D eigenvalue weighted by Crippen LogP contribution is 2.45. The van der Waals surface area contributed by atoms with Crippen molar-refractivity contribution in [2.75, 3.05) is 0 Å². The Morgan fingerprint density at radius 1 is 0.130 bits per heavy atom. The van der Waals surface area contributed by atoms with Crippen molar-refractivity contribution in [1.29, 1.82) is 0 Å². The highest BCUT2D eigenvalue weighted by molar-refractivity contribution is 6.17. The molecule has 0 amide bonds. The van der Waals surface area contributed by atoms with Gasteiger partial charge in [-0.15, -0.1) is 0 Å². The minimum absolute atomic E-state index is 0.488. The number of fused-ring (bicyclic) bond motifs is 15. The standard InChI is InChI=1S/C67H42N8.C49H31N7/c1-3-15-48(16-4-1)73-59-23-9-7-19-51(59)53-39-44(27-33-61(53)73)46-29-35-63-55(41-46)56-42-47(45-28-34-62-54(40-45)52-20-8-10-24-60(52)74(62)49-17-5-2-6-18-49)30-36-64(56)75(63)50-31-25-43(26-32-50)65-70-66(57-21-11-13-37-68-57)72-67(71-65)58-22-12-14-38-69-58;1-2-12-35(13-3-1)55-43-18-6-4-14-37(43)39-30-33(22-26-45(39)55)34-23-27-46-40(31-34)38-15-5-7-19-44(38)56(46)36-24-20-32(21-25-36)47-52-48(41-16-8-10-28-50-41)54-49(53-47)42-17-9-11-29-51-42/h1-42H;1-31H. The van der Waals surface area contributed by atoms with Crippen LogP contribution in [0.25, 0.3) is 240 Å². The van der Waals surface area contributed by atoms with E-state index in [9.17, 15) is 0 Å². The summed E-state index contributed by atoms with van der Waals surface area (Å²) in [6.45, 7) is 0. The van der Waals surface area contributed by atoms with E-state index >= 15 is 0 Å². The highest BCUT2D eigenvalue weighted by Gasteiger charge is 2.24. The highest BCUT2D eigenvalue weighted by atomic mass is 15.1. The quantitative estimate of drug-likeness (QED) is 0.103. The van der Waals surface area contributed by atoms with E-state index in [-0.39, 0.29) is 0 Å². The molecule has 0 aliphatic heterocycles. The fraction of sp³-hybridized carbons (Fsp3) is 0. The molecule has 0 unspecified atom stereocenters. The molecule has 26 aromatic rings. The van der Waals surface area contributed by atoms with Crippen LogP contribution >= 0.6 is 0 Å². The van der Waals surface area contributed by atoms with E-state index in [1.54, 1.807) is 24.8 Å². The van der Waals surface area contributed by atoms with E-state index in [1.807, 2.05) is 72.8 Å². The normalized spacial score (nSPS) is 11.7. The van der Waals surface area contributed by atoms with Crippen LogP contribution < -0.4 is 0 Å². The van der Waals surface area contributed by atoms with Crippen molar-refractivity contribution in [1.82, 2.24) is 72.7 Å². The third-order valence-electron chi connectivity index (χ3n) is 25.1. The van der Waals surface area contributed by atoms with E-state index < -0.39 is 0 Å². The Hall–Kier alpha value is -18.1. The smallest absolute Gasteiger partial charge is 0.182 e. The molecule has 11 aromatic heterocycles. The molecule has 131 heavy (non-hydrogen) atoms. The maximum absolute atomic E-state index is 4.95. The third kappa shape index (κ3) is 13.2. The molecular formula is C116H73N15. The van der Waals surface area contributed by atoms with Crippen molar-refractivity contribution in [3.63, 3.8) is 0 Å². The van der Waals surface area contributed by atoms with Crippen LogP contribution in [0.15, 0.2) is 443 Å². The first kappa shape index (κ1) is 75.4. The molecule has 15 heteroatoms. The first-order chi connectivity index (χ1) is 64.9. The fourth-order valence-electron chi connectivity index (χ4n) is 19.1. The van der Waals surface area contributed by atoms with Crippen LogP contribution in [0.4, 0.5) is 0 Å². The van der Waals surface area contributed by atoms with Crippen molar-refractivity contribution >= 4 is 109 Å². The molecule has 15 nitrogen and oxygen atoms in total. The lowest BCUT2D eigenvalue weighted by molar-refractivity contribution is 1.04. The number of para-hydroxylation sites is 7. The molecule has 0 radical (unpaired) electrons. The average Bonchev–Trinajstić information content (AvgIpc) is 1.58. The van der Waals surface area contributed by atoms with Crippen molar-refractivity contribution in [2.24, 2.45) is 0 Å². The van der Waals surface area contributed by atoms with Crippen LogP contribution in [0, 0.1) is 0 Å². The number of benzene rings is 15.